The average molecular weight is 344 g/mol. The molecule has 0 aromatic heterocycles. The number of fused-ring (bicyclic) bond motifs is 2. The highest BCUT2D eigenvalue weighted by molar-refractivity contribution is 5.49. The van der Waals surface area contributed by atoms with Crippen LogP contribution in [0.1, 0.15) is 44.9 Å². The third kappa shape index (κ3) is 4.18. The second-order valence-electron chi connectivity index (χ2n) is 8.06. The van der Waals surface area contributed by atoms with E-state index in [0.717, 1.165) is 19.6 Å². The van der Waals surface area contributed by atoms with E-state index in [4.69, 9.17) is 4.74 Å². The molecule has 2 aliphatic heterocycles. The van der Waals surface area contributed by atoms with Gasteiger partial charge in [0.05, 0.1) is 18.8 Å². The van der Waals surface area contributed by atoms with Crippen molar-refractivity contribution in [2.45, 2.75) is 69.2 Å². The van der Waals surface area contributed by atoms with E-state index in [0.29, 0.717) is 24.8 Å². The number of hydrogen-bond acceptors (Lipinski definition) is 4. The standard InChI is InChI=1S/C21H32N2O2/c24-20(16-25-21-9-5-2-6-10-21)15-22-12-11-18-13-19(22)14-23(18)17-7-3-1-4-8-17/h1,3-4,7-8,18-21,24H,2,5-6,9-16H2/t18?,19?,20-/m1/s1. The number of benzene rings is 1. The SMILES string of the molecule is O[C@@H](COC1CCCCC1)CN1CCC2CC1CN2c1ccccc1. The second kappa shape index (κ2) is 8.07. The summed E-state index contributed by atoms with van der Waals surface area (Å²) >= 11 is 0. The molecule has 1 aromatic rings. The summed E-state index contributed by atoms with van der Waals surface area (Å²) in [4.78, 5) is 5.06. The summed E-state index contributed by atoms with van der Waals surface area (Å²) in [5.74, 6) is 0. The zero-order valence-electron chi connectivity index (χ0n) is 15.2. The molecule has 3 aliphatic rings. The van der Waals surface area contributed by atoms with E-state index in [1.165, 1.54) is 50.6 Å². The Kier molecular flexibility index (Phi) is 5.59. The zero-order chi connectivity index (χ0) is 17.1. The van der Waals surface area contributed by atoms with E-state index in [-0.39, 0.29) is 6.10 Å². The highest BCUT2D eigenvalue weighted by Crippen LogP contribution is 2.33. The zero-order valence-corrected chi connectivity index (χ0v) is 15.2. The number of piperidine rings is 1. The Morgan fingerprint density at radius 2 is 1.84 bits per heavy atom. The monoisotopic (exact) mass is 344 g/mol. The van der Waals surface area contributed by atoms with Crippen LogP contribution in [0.3, 0.4) is 0 Å². The predicted molar refractivity (Wildman–Crippen MR) is 101 cm³/mol. The minimum atomic E-state index is -0.357. The Morgan fingerprint density at radius 3 is 2.64 bits per heavy atom. The fourth-order valence-electron chi connectivity index (χ4n) is 4.91. The minimum Gasteiger partial charge on any atom is -0.389 e. The third-order valence-electron chi connectivity index (χ3n) is 6.27. The molecule has 1 aromatic carbocycles. The molecule has 2 unspecified atom stereocenters. The first kappa shape index (κ1) is 17.3. The maximum atomic E-state index is 10.5. The number of anilines is 1. The molecule has 1 aliphatic carbocycles. The Bertz CT molecular complexity index is 532. The maximum absolute atomic E-state index is 10.5. The summed E-state index contributed by atoms with van der Waals surface area (Å²) < 4.78 is 5.97. The van der Waals surface area contributed by atoms with Gasteiger partial charge in [0.15, 0.2) is 0 Å². The van der Waals surface area contributed by atoms with Gasteiger partial charge in [0.2, 0.25) is 0 Å². The number of nitrogens with zero attached hydrogens (tertiary/aromatic N) is 2. The molecule has 4 heteroatoms. The van der Waals surface area contributed by atoms with Gasteiger partial charge in [0, 0.05) is 37.4 Å². The molecule has 2 saturated heterocycles. The summed E-state index contributed by atoms with van der Waals surface area (Å²) in [5, 5.41) is 10.5. The number of aliphatic hydroxyl groups is 1. The van der Waals surface area contributed by atoms with E-state index in [1.54, 1.807) is 0 Å². The van der Waals surface area contributed by atoms with Crippen molar-refractivity contribution >= 4 is 5.69 Å². The van der Waals surface area contributed by atoms with Crippen LogP contribution in [0, 0.1) is 0 Å². The van der Waals surface area contributed by atoms with Crippen LogP contribution >= 0.6 is 0 Å². The quantitative estimate of drug-likeness (QED) is 0.860. The highest BCUT2D eigenvalue weighted by atomic mass is 16.5. The van der Waals surface area contributed by atoms with E-state index in [1.807, 2.05) is 0 Å². The van der Waals surface area contributed by atoms with E-state index >= 15 is 0 Å². The maximum Gasteiger partial charge on any atom is 0.0900 e. The first-order valence-electron chi connectivity index (χ1n) is 10.1. The van der Waals surface area contributed by atoms with Crippen molar-refractivity contribution < 1.29 is 9.84 Å². The predicted octanol–water partition coefficient (Wildman–Crippen LogP) is 3.05. The van der Waals surface area contributed by atoms with Gasteiger partial charge in [-0.25, -0.2) is 0 Å². The number of likely N-dealkylation sites (tertiary alicyclic amines) is 1. The summed E-state index contributed by atoms with van der Waals surface area (Å²) in [6.45, 7) is 3.44. The molecule has 2 bridgehead atoms. The Labute approximate surface area is 151 Å². The van der Waals surface area contributed by atoms with Crippen molar-refractivity contribution in [3.8, 4) is 0 Å². The number of rotatable bonds is 6. The molecule has 4 rings (SSSR count). The van der Waals surface area contributed by atoms with Crippen molar-refractivity contribution in [3.63, 3.8) is 0 Å². The van der Waals surface area contributed by atoms with Gasteiger partial charge in [-0.15, -0.1) is 0 Å². The van der Waals surface area contributed by atoms with Gasteiger partial charge >= 0.3 is 0 Å². The fourth-order valence-corrected chi connectivity index (χ4v) is 4.91. The van der Waals surface area contributed by atoms with Crippen LogP contribution in [-0.4, -0.2) is 60.5 Å². The van der Waals surface area contributed by atoms with E-state index in [9.17, 15) is 5.11 Å². The molecular formula is C21H32N2O2. The lowest BCUT2D eigenvalue weighted by Gasteiger charge is -2.34. The van der Waals surface area contributed by atoms with Crippen molar-refractivity contribution in [3.05, 3.63) is 30.3 Å². The van der Waals surface area contributed by atoms with Crippen molar-refractivity contribution in [1.82, 2.24) is 4.90 Å². The van der Waals surface area contributed by atoms with Gasteiger partial charge in [-0.1, -0.05) is 37.5 Å². The number of aliphatic hydroxyl groups excluding tert-OH is 1. The van der Waals surface area contributed by atoms with Gasteiger partial charge in [0.25, 0.3) is 0 Å². The lowest BCUT2D eigenvalue weighted by atomic mass is 9.98. The summed E-state index contributed by atoms with van der Waals surface area (Å²) in [7, 11) is 0. The fraction of sp³-hybridized carbons (Fsp3) is 0.714. The van der Waals surface area contributed by atoms with Crippen LogP contribution in [0.5, 0.6) is 0 Å². The minimum absolute atomic E-state index is 0.357. The normalized spacial score (nSPS) is 29.1. The van der Waals surface area contributed by atoms with Gasteiger partial charge in [-0.05, 0) is 37.8 Å². The van der Waals surface area contributed by atoms with Crippen LogP contribution in [-0.2, 0) is 4.74 Å². The molecule has 138 valence electrons. The van der Waals surface area contributed by atoms with Crippen molar-refractivity contribution in [2.75, 3.05) is 31.1 Å². The first-order chi connectivity index (χ1) is 12.3. The lowest BCUT2D eigenvalue weighted by molar-refractivity contribution is -0.0378. The van der Waals surface area contributed by atoms with E-state index < -0.39 is 0 Å². The lowest BCUT2D eigenvalue weighted by Crippen LogP contribution is -2.45. The topological polar surface area (TPSA) is 35.9 Å². The number of para-hydroxylation sites is 1. The highest BCUT2D eigenvalue weighted by Gasteiger charge is 2.39. The molecule has 1 saturated carbocycles. The molecule has 2 heterocycles. The Hall–Kier alpha value is -1.10. The second-order valence-corrected chi connectivity index (χ2v) is 8.06. The molecule has 1 N–H and O–H groups in total. The molecule has 0 radical (unpaired) electrons. The van der Waals surface area contributed by atoms with Crippen LogP contribution in [0.2, 0.25) is 0 Å². The van der Waals surface area contributed by atoms with Gasteiger partial charge in [-0.3, -0.25) is 4.90 Å². The average Bonchev–Trinajstić information content (AvgIpc) is 3.02. The molecule has 0 amide bonds. The van der Waals surface area contributed by atoms with Crippen LogP contribution in [0.15, 0.2) is 30.3 Å². The third-order valence-corrected chi connectivity index (χ3v) is 6.27. The summed E-state index contributed by atoms with van der Waals surface area (Å²) in [5.41, 5.74) is 1.35. The van der Waals surface area contributed by atoms with Gasteiger partial charge < -0.3 is 14.7 Å². The van der Waals surface area contributed by atoms with Crippen LogP contribution < -0.4 is 4.90 Å². The smallest absolute Gasteiger partial charge is 0.0900 e. The molecule has 3 fully saturated rings. The van der Waals surface area contributed by atoms with Crippen LogP contribution in [0.4, 0.5) is 5.69 Å². The molecule has 0 spiro atoms. The summed E-state index contributed by atoms with van der Waals surface area (Å²) in [6, 6.07) is 12.0. The van der Waals surface area contributed by atoms with Gasteiger partial charge in [-0.2, -0.15) is 0 Å². The summed E-state index contributed by atoms with van der Waals surface area (Å²) in [6.07, 6.45) is 8.71. The first-order valence-corrected chi connectivity index (χ1v) is 10.1. The van der Waals surface area contributed by atoms with E-state index in [2.05, 4.69) is 40.1 Å². The Morgan fingerprint density at radius 1 is 1.04 bits per heavy atom. The number of β-amino-alcohol motifs (C(OH)–C–C–N with tert-alkyl or cyclic N) is 1. The molecule has 25 heavy (non-hydrogen) atoms. The Balaban J connectivity index is 1.26. The molecule has 4 nitrogen and oxygen atoms in total. The van der Waals surface area contributed by atoms with Crippen molar-refractivity contribution in [1.29, 1.82) is 0 Å². The van der Waals surface area contributed by atoms with Crippen LogP contribution in [0.25, 0.3) is 0 Å². The molecule has 3 atom stereocenters. The molecular weight excluding hydrogens is 312 g/mol. The number of hydrogen-bond donors (Lipinski definition) is 1. The number of ether oxygens (including phenoxy) is 1. The van der Waals surface area contributed by atoms with Crippen molar-refractivity contribution in [2.24, 2.45) is 0 Å². The largest absolute Gasteiger partial charge is 0.389 e. The van der Waals surface area contributed by atoms with Gasteiger partial charge in [0.1, 0.15) is 0 Å².